The number of hydrazone groups is 1. The zero-order chi connectivity index (χ0) is 7.02. The Bertz CT molecular complexity index is 144. The summed E-state index contributed by atoms with van der Waals surface area (Å²) in [6.45, 7) is 3.80. The Morgan fingerprint density at radius 1 is 1.56 bits per heavy atom. The molecule has 1 heterocycles. The van der Waals surface area contributed by atoms with Gasteiger partial charge < -0.3 is 0 Å². The molecule has 3 heteroatoms. The molecule has 9 heavy (non-hydrogen) atoms. The van der Waals surface area contributed by atoms with Gasteiger partial charge in [0.05, 0.1) is 6.04 Å². The summed E-state index contributed by atoms with van der Waals surface area (Å²) in [4.78, 5) is 0. The van der Waals surface area contributed by atoms with E-state index in [1.807, 2.05) is 13.8 Å². The fourth-order valence-electron chi connectivity index (χ4n) is 0.855. The third-order valence-corrected chi connectivity index (χ3v) is 1.94. The first kappa shape index (κ1) is 6.52. The topological polar surface area (TPSA) is 15.6 Å². The van der Waals surface area contributed by atoms with Gasteiger partial charge in [-0.3, -0.25) is 5.01 Å². The van der Waals surface area contributed by atoms with Gasteiger partial charge in [0.15, 0.2) is 0 Å². The maximum Gasteiger partial charge on any atom is 0.212 e. The highest BCUT2D eigenvalue weighted by Gasteiger charge is 2.27. The molecule has 1 aliphatic heterocycles. The van der Waals surface area contributed by atoms with Crippen LogP contribution in [-0.2, 0) is 0 Å². The van der Waals surface area contributed by atoms with Crippen molar-refractivity contribution in [2.75, 3.05) is 7.05 Å². The van der Waals surface area contributed by atoms with Crippen molar-refractivity contribution in [1.29, 1.82) is 0 Å². The second-order valence-electron chi connectivity index (χ2n) is 2.53. The van der Waals surface area contributed by atoms with E-state index >= 15 is 0 Å². The average Bonchev–Trinajstić information content (AvgIpc) is 1.98. The Hall–Kier alpha value is -0.600. The van der Waals surface area contributed by atoms with E-state index in [2.05, 4.69) is 5.10 Å². The molecule has 2 nitrogen and oxygen atoms in total. The lowest BCUT2D eigenvalue weighted by Crippen LogP contribution is -2.24. The maximum atomic E-state index is 12.5. The fourth-order valence-corrected chi connectivity index (χ4v) is 0.855. The van der Waals surface area contributed by atoms with Crippen LogP contribution in [0.3, 0.4) is 0 Å². The quantitative estimate of drug-likeness (QED) is 0.481. The van der Waals surface area contributed by atoms with Crippen molar-refractivity contribution < 1.29 is 4.39 Å². The largest absolute Gasteiger partial charge is 0.294 e. The molecule has 0 amide bonds. The van der Waals surface area contributed by atoms with E-state index in [1.165, 1.54) is 0 Å². The first-order valence-electron chi connectivity index (χ1n) is 3.09. The number of hydrogen-bond donors (Lipinski definition) is 0. The first-order chi connectivity index (χ1) is 4.13. The van der Waals surface area contributed by atoms with E-state index < -0.39 is 0 Å². The summed E-state index contributed by atoms with van der Waals surface area (Å²) in [5.74, 6) is -0.278. The van der Waals surface area contributed by atoms with E-state index in [1.54, 1.807) is 12.1 Å². The zero-order valence-corrected chi connectivity index (χ0v) is 5.93. The summed E-state index contributed by atoms with van der Waals surface area (Å²) in [5, 5.41) is 5.29. The molecule has 0 aromatic rings. The molecule has 2 unspecified atom stereocenters. The molecular weight excluding hydrogens is 119 g/mol. The Morgan fingerprint density at radius 3 is 2.22 bits per heavy atom. The van der Waals surface area contributed by atoms with Crippen molar-refractivity contribution in [3.63, 3.8) is 0 Å². The molecule has 0 aromatic heterocycles. The van der Waals surface area contributed by atoms with Gasteiger partial charge in [-0.25, -0.2) is 0 Å². The Kier molecular flexibility index (Phi) is 1.43. The Balaban J connectivity index is 2.70. The molecule has 2 atom stereocenters. The van der Waals surface area contributed by atoms with Crippen molar-refractivity contribution in [2.45, 2.75) is 19.9 Å². The Morgan fingerprint density at radius 2 is 2.11 bits per heavy atom. The monoisotopic (exact) mass is 130 g/mol. The third-order valence-electron chi connectivity index (χ3n) is 1.94. The fraction of sp³-hybridized carbons (Fsp3) is 0.833. The van der Waals surface area contributed by atoms with Crippen LogP contribution in [0.4, 0.5) is 4.39 Å². The molecule has 0 saturated carbocycles. The standard InChI is InChI=1S/C6H11FN2/c1-4-5(2)9(3)8-6(4)7/h4-5H,1-3H3. The summed E-state index contributed by atoms with van der Waals surface area (Å²) in [6, 6.07) is 0.213. The molecule has 0 aromatic carbocycles. The van der Waals surface area contributed by atoms with E-state index in [0.29, 0.717) is 0 Å². The van der Waals surface area contributed by atoms with Crippen LogP contribution in [0.1, 0.15) is 13.8 Å². The molecule has 0 N–H and O–H groups in total. The van der Waals surface area contributed by atoms with Crippen LogP contribution < -0.4 is 0 Å². The van der Waals surface area contributed by atoms with Crippen molar-refractivity contribution in [3.05, 3.63) is 0 Å². The second kappa shape index (κ2) is 1.97. The van der Waals surface area contributed by atoms with Crippen LogP contribution in [0.2, 0.25) is 0 Å². The predicted octanol–water partition coefficient (Wildman–Crippen LogP) is 1.24. The van der Waals surface area contributed by atoms with Gasteiger partial charge in [0.1, 0.15) is 0 Å². The smallest absolute Gasteiger partial charge is 0.212 e. The third kappa shape index (κ3) is 0.910. The van der Waals surface area contributed by atoms with Gasteiger partial charge in [-0.1, -0.05) is 6.92 Å². The van der Waals surface area contributed by atoms with Gasteiger partial charge >= 0.3 is 0 Å². The van der Waals surface area contributed by atoms with E-state index in [4.69, 9.17) is 0 Å². The van der Waals surface area contributed by atoms with E-state index in [9.17, 15) is 4.39 Å². The van der Waals surface area contributed by atoms with Gasteiger partial charge in [0.25, 0.3) is 0 Å². The van der Waals surface area contributed by atoms with Crippen LogP contribution in [0.25, 0.3) is 0 Å². The van der Waals surface area contributed by atoms with Gasteiger partial charge in [-0.05, 0) is 6.92 Å². The van der Waals surface area contributed by atoms with Crippen molar-refractivity contribution in [2.24, 2.45) is 11.0 Å². The maximum absolute atomic E-state index is 12.5. The summed E-state index contributed by atoms with van der Waals surface area (Å²) >= 11 is 0. The lowest BCUT2D eigenvalue weighted by atomic mass is 10.1. The van der Waals surface area contributed by atoms with Crippen LogP contribution in [0.5, 0.6) is 0 Å². The van der Waals surface area contributed by atoms with Crippen LogP contribution >= 0.6 is 0 Å². The molecule has 0 bridgehead atoms. The number of nitrogens with zero attached hydrogens (tertiary/aromatic N) is 2. The van der Waals surface area contributed by atoms with Gasteiger partial charge in [-0.2, -0.15) is 9.49 Å². The molecule has 1 rings (SSSR count). The second-order valence-corrected chi connectivity index (χ2v) is 2.53. The SMILES string of the molecule is CC1C(F)=NN(C)C1C. The minimum atomic E-state index is -0.245. The molecule has 52 valence electrons. The summed E-state index contributed by atoms with van der Waals surface area (Å²) in [6.07, 6.45) is 0. The average molecular weight is 130 g/mol. The number of halogens is 1. The van der Waals surface area contributed by atoms with Gasteiger partial charge in [-0.15, -0.1) is 0 Å². The first-order valence-corrected chi connectivity index (χ1v) is 3.09. The summed E-state index contributed by atoms with van der Waals surface area (Å²) in [5.41, 5.74) is 0. The lowest BCUT2D eigenvalue weighted by molar-refractivity contribution is 0.271. The van der Waals surface area contributed by atoms with Crippen molar-refractivity contribution >= 4 is 5.97 Å². The summed E-state index contributed by atoms with van der Waals surface area (Å²) < 4.78 is 12.5. The predicted molar refractivity (Wildman–Crippen MR) is 34.9 cm³/mol. The van der Waals surface area contributed by atoms with Crippen LogP contribution in [-0.4, -0.2) is 24.1 Å². The molecular formula is C6H11FN2. The summed E-state index contributed by atoms with van der Waals surface area (Å²) in [7, 11) is 1.79. The van der Waals surface area contributed by atoms with Crippen molar-refractivity contribution in [1.82, 2.24) is 5.01 Å². The van der Waals surface area contributed by atoms with Gasteiger partial charge in [0.2, 0.25) is 5.97 Å². The molecule has 1 aliphatic rings. The minimum Gasteiger partial charge on any atom is -0.294 e. The van der Waals surface area contributed by atoms with E-state index in [-0.39, 0.29) is 17.9 Å². The highest BCUT2D eigenvalue weighted by Crippen LogP contribution is 2.19. The molecule has 0 aliphatic carbocycles. The van der Waals surface area contributed by atoms with Crippen molar-refractivity contribution in [3.8, 4) is 0 Å². The molecule has 0 fully saturated rings. The normalized spacial score (nSPS) is 35.1. The lowest BCUT2D eigenvalue weighted by Gasteiger charge is -2.15. The van der Waals surface area contributed by atoms with E-state index in [0.717, 1.165) is 0 Å². The molecule has 0 saturated heterocycles. The minimum absolute atomic E-state index is 0.0324. The number of rotatable bonds is 0. The number of hydrogen-bond acceptors (Lipinski definition) is 2. The zero-order valence-electron chi connectivity index (χ0n) is 5.93. The van der Waals surface area contributed by atoms with Crippen LogP contribution in [0.15, 0.2) is 5.10 Å². The molecule has 0 radical (unpaired) electrons. The highest BCUT2D eigenvalue weighted by atomic mass is 19.1. The van der Waals surface area contributed by atoms with Gasteiger partial charge in [0, 0.05) is 13.0 Å². The Labute approximate surface area is 54.3 Å². The van der Waals surface area contributed by atoms with Crippen LogP contribution in [0, 0.1) is 5.92 Å². The molecule has 0 spiro atoms. The highest BCUT2D eigenvalue weighted by molar-refractivity contribution is 5.79.